The summed E-state index contributed by atoms with van der Waals surface area (Å²) in [6.45, 7) is 0. The van der Waals surface area contributed by atoms with Crippen LogP contribution in [0, 0.1) is 0 Å². The number of hydrogen-bond acceptors (Lipinski definition) is 3. The quantitative estimate of drug-likeness (QED) is 0.342. The summed E-state index contributed by atoms with van der Waals surface area (Å²) in [4.78, 5) is 2.69. The van der Waals surface area contributed by atoms with Crippen LogP contribution < -0.4 is 0 Å². The van der Waals surface area contributed by atoms with Crippen LogP contribution in [-0.2, 0) is 9.47 Å². The topological polar surface area (TPSA) is 67.2 Å². The number of azide groups is 1. The van der Waals surface area contributed by atoms with Crippen molar-refractivity contribution in [1.29, 1.82) is 0 Å². The lowest BCUT2D eigenvalue weighted by Gasteiger charge is -2.15. The fraction of sp³-hybridized carbons (Fsp3) is 0.333. The predicted octanol–water partition coefficient (Wildman–Crippen LogP) is 3.57. The molecule has 1 rings (SSSR count). The molecular formula is C9H10ClN3O2. The number of hydrogen-bond donors (Lipinski definition) is 0. The van der Waals surface area contributed by atoms with E-state index in [9.17, 15) is 0 Å². The van der Waals surface area contributed by atoms with E-state index in [1.54, 1.807) is 18.2 Å². The zero-order chi connectivity index (χ0) is 11.3. The lowest BCUT2D eigenvalue weighted by atomic mass is 10.2. The Morgan fingerprint density at radius 2 is 2.07 bits per heavy atom. The number of methoxy groups -OCH3 is 2. The summed E-state index contributed by atoms with van der Waals surface area (Å²) in [5.74, 6) is 0. The maximum atomic E-state index is 8.30. The van der Waals surface area contributed by atoms with E-state index in [2.05, 4.69) is 10.0 Å². The third kappa shape index (κ3) is 2.84. The maximum absolute atomic E-state index is 8.30. The van der Waals surface area contributed by atoms with E-state index in [1.165, 1.54) is 14.2 Å². The minimum Gasteiger partial charge on any atom is -0.352 e. The number of rotatable bonds is 4. The first-order valence-electron chi connectivity index (χ1n) is 4.13. The first-order valence-corrected chi connectivity index (χ1v) is 4.51. The van der Waals surface area contributed by atoms with Gasteiger partial charge in [0.25, 0.3) is 0 Å². The minimum atomic E-state index is -0.564. The van der Waals surface area contributed by atoms with Crippen molar-refractivity contribution in [2.75, 3.05) is 14.2 Å². The monoisotopic (exact) mass is 227 g/mol. The van der Waals surface area contributed by atoms with Gasteiger partial charge in [-0.3, -0.25) is 0 Å². The molecule has 0 saturated heterocycles. The molecule has 0 heterocycles. The Hall–Kier alpha value is -1.26. The molecule has 0 amide bonds. The molecule has 5 nitrogen and oxygen atoms in total. The number of ether oxygens (including phenoxy) is 2. The van der Waals surface area contributed by atoms with Crippen molar-refractivity contribution in [3.05, 3.63) is 39.2 Å². The van der Waals surface area contributed by atoms with Crippen LogP contribution in [0.3, 0.4) is 0 Å². The van der Waals surface area contributed by atoms with Gasteiger partial charge in [0.2, 0.25) is 0 Å². The molecule has 0 aromatic heterocycles. The minimum absolute atomic E-state index is 0.469. The molecule has 0 spiro atoms. The van der Waals surface area contributed by atoms with Gasteiger partial charge in [-0.1, -0.05) is 22.8 Å². The predicted molar refractivity (Wildman–Crippen MR) is 57.0 cm³/mol. The molecule has 0 aliphatic heterocycles. The highest BCUT2D eigenvalue weighted by Gasteiger charge is 2.13. The van der Waals surface area contributed by atoms with Crippen LogP contribution in [0.2, 0.25) is 5.02 Å². The average molecular weight is 228 g/mol. The molecule has 0 radical (unpaired) electrons. The molecule has 0 aliphatic carbocycles. The normalized spacial score (nSPS) is 10.1. The van der Waals surface area contributed by atoms with Crippen molar-refractivity contribution in [2.45, 2.75) is 6.29 Å². The highest BCUT2D eigenvalue weighted by Crippen LogP contribution is 2.29. The van der Waals surface area contributed by atoms with Gasteiger partial charge in [0, 0.05) is 35.4 Å². The second kappa shape index (κ2) is 5.58. The Labute approximate surface area is 92.2 Å². The zero-order valence-corrected chi connectivity index (χ0v) is 9.10. The van der Waals surface area contributed by atoms with Crippen molar-refractivity contribution < 1.29 is 9.47 Å². The smallest absolute Gasteiger partial charge is 0.184 e. The average Bonchev–Trinajstić information content (AvgIpc) is 2.24. The largest absolute Gasteiger partial charge is 0.352 e. The van der Waals surface area contributed by atoms with E-state index in [-0.39, 0.29) is 0 Å². The Morgan fingerprint density at radius 1 is 1.40 bits per heavy atom. The van der Waals surface area contributed by atoms with Gasteiger partial charge in [-0.15, -0.1) is 0 Å². The van der Waals surface area contributed by atoms with Gasteiger partial charge in [-0.25, -0.2) is 0 Å². The maximum Gasteiger partial charge on any atom is 0.184 e. The van der Waals surface area contributed by atoms with E-state index in [0.717, 1.165) is 0 Å². The summed E-state index contributed by atoms with van der Waals surface area (Å²) in [6.07, 6.45) is -0.564. The summed E-state index contributed by atoms with van der Waals surface area (Å²) in [5.41, 5.74) is 9.40. The van der Waals surface area contributed by atoms with Crippen molar-refractivity contribution in [3.8, 4) is 0 Å². The number of nitrogens with zero attached hydrogens (tertiary/aromatic N) is 3. The molecule has 6 heteroatoms. The molecule has 0 aliphatic rings. The number of halogens is 1. The molecule has 0 unspecified atom stereocenters. The third-order valence-electron chi connectivity index (χ3n) is 1.82. The van der Waals surface area contributed by atoms with Gasteiger partial charge in [0.05, 0.1) is 0 Å². The van der Waals surface area contributed by atoms with Gasteiger partial charge in [-0.2, -0.15) is 0 Å². The second-order valence-corrected chi connectivity index (χ2v) is 3.11. The fourth-order valence-electron chi connectivity index (χ4n) is 1.18. The van der Waals surface area contributed by atoms with Crippen molar-refractivity contribution in [3.63, 3.8) is 0 Å². The lowest BCUT2D eigenvalue weighted by Crippen LogP contribution is -2.03. The molecule has 1 aromatic rings. The molecule has 0 atom stereocenters. The van der Waals surface area contributed by atoms with Crippen molar-refractivity contribution >= 4 is 17.3 Å². The van der Waals surface area contributed by atoms with Crippen LogP contribution in [0.1, 0.15) is 11.9 Å². The molecule has 1 aromatic carbocycles. The van der Waals surface area contributed by atoms with Crippen molar-refractivity contribution in [1.82, 2.24) is 0 Å². The Bertz CT molecular complexity index is 387. The summed E-state index contributed by atoms with van der Waals surface area (Å²) < 4.78 is 10.1. The first-order chi connectivity index (χ1) is 7.22. The van der Waals surface area contributed by atoms with Crippen LogP contribution in [0.15, 0.2) is 23.3 Å². The lowest BCUT2D eigenvalue weighted by molar-refractivity contribution is -0.105. The van der Waals surface area contributed by atoms with Gasteiger partial charge in [-0.05, 0) is 17.7 Å². The molecule has 80 valence electrons. The molecule has 0 N–H and O–H groups in total. The Balaban J connectivity index is 3.14. The summed E-state index contributed by atoms with van der Waals surface area (Å²) >= 11 is 5.95. The number of benzene rings is 1. The van der Waals surface area contributed by atoms with Crippen LogP contribution in [0.4, 0.5) is 5.69 Å². The van der Waals surface area contributed by atoms with Crippen LogP contribution in [0.25, 0.3) is 10.4 Å². The molecule has 15 heavy (non-hydrogen) atoms. The van der Waals surface area contributed by atoms with Gasteiger partial charge >= 0.3 is 0 Å². The van der Waals surface area contributed by atoms with Gasteiger partial charge < -0.3 is 9.47 Å². The van der Waals surface area contributed by atoms with Crippen LogP contribution in [-0.4, -0.2) is 14.2 Å². The van der Waals surface area contributed by atoms with Gasteiger partial charge in [0.15, 0.2) is 6.29 Å². The Morgan fingerprint density at radius 3 is 2.60 bits per heavy atom. The molecular weight excluding hydrogens is 218 g/mol. The first kappa shape index (κ1) is 11.8. The Kier molecular flexibility index (Phi) is 4.39. The van der Waals surface area contributed by atoms with E-state index in [4.69, 9.17) is 26.6 Å². The summed E-state index contributed by atoms with van der Waals surface area (Å²) in [5, 5.41) is 3.97. The van der Waals surface area contributed by atoms with E-state index in [0.29, 0.717) is 16.3 Å². The fourth-order valence-corrected chi connectivity index (χ4v) is 1.38. The third-order valence-corrected chi connectivity index (χ3v) is 2.17. The second-order valence-electron chi connectivity index (χ2n) is 2.70. The van der Waals surface area contributed by atoms with E-state index < -0.39 is 6.29 Å². The van der Waals surface area contributed by atoms with Crippen molar-refractivity contribution in [2.24, 2.45) is 5.11 Å². The standard InChI is InChI=1S/C9H10ClN3O2/c1-14-9(15-2)7-5-6(12-13-11)3-4-8(7)10/h3-5,9H,1-2H3. The molecule has 0 bridgehead atoms. The SMILES string of the molecule is COC(OC)c1cc(N=[N+]=[N-])ccc1Cl. The van der Waals surface area contributed by atoms with E-state index >= 15 is 0 Å². The summed E-state index contributed by atoms with van der Waals surface area (Å²) in [7, 11) is 3.01. The van der Waals surface area contributed by atoms with Crippen LogP contribution >= 0.6 is 11.6 Å². The van der Waals surface area contributed by atoms with Crippen LogP contribution in [0.5, 0.6) is 0 Å². The highest BCUT2D eigenvalue weighted by atomic mass is 35.5. The zero-order valence-electron chi connectivity index (χ0n) is 8.35. The molecule has 0 fully saturated rings. The van der Waals surface area contributed by atoms with Gasteiger partial charge in [0.1, 0.15) is 0 Å². The molecule has 0 saturated carbocycles. The highest BCUT2D eigenvalue weighted by molar-refractivity contribution is 6.31. The van der Waals surface area contributed by atoms with E-state index in [1.807, 2.05) is 0 Å². The summed E-state index contributed by atoms with van der Waals surface area (Å²) in [6, 6.07) is 4.87.